The number of rotatable bonds is 4. The summed E-state index contributed by atoms with van der Waals surface area (Å²) >= 11 is 3.56. The maximum atomic E-state index is 5.47. The summed E-state index contributed by atoms with van der Waals surface area (Å²) in [5.41, 5.74) is 1.25. The lowest BCUT2D eigenvalue weighted by Crippen LogP contribution is -2.37. The minimum absolute atomic E-state index is 0.325. The van der Waals surface area contributed by atoms with Gasteiger partial charge < -0.3 is 14.8 Å². The van der Waals surface area contributed by atoms with Crippen LogP contribution in [-0.4, -0.2) is 12.8 Å². The summed E-state index contributed by atoms with van der Waals surface area (Å²) in [6, 6.07) is 4.88. The van der Waals surface area contributed by atoms with Gasteiger partial charge in [-0.1, -0.05) is 26.2 Å². The van der Waals surface area contributed by atoms with Gasteiger partial charge in [-0.25, -0.2) is 0 Å². The second-order valence-corrected chi connectivity index (χ2v) is 6.61. The molecule has 2 atom stereocenters. The van der Waals surface area contributed by atoms with Crippen LogP contribution < -0.4 is 14.8 Å². The molecule has 0 bridgehead atoms. The first-order valence-electron chi connectivity index (χ1n) is 7.59. The molecule has 0 saturated heterocycles. The van der Waals surface area contributed by atoms with E-state index in [4.69, 9.17) is 9.47 Å². The van der Waals surface area contributed by atoms with E-state index in [1.807, 2.05) is 0 Å². The Bertz CT molecular complexity index is 478. The third-order valence-corrected chi connectivity index (χ3v) is 5.08. The van der Waals surface area contributed by atoms with E-state index in [1.165, 1.54) is 37.7 Å². The van der Waals surface area contributed by atoms with Crippen LogP contribution in [0.3, 0.4) is 0 Å². The molecule has 1 fully saturated rings. The number of hydrogen-bond donors (Lipinski definition) is 1. The molecule has 1 heterocycles. The predicted octanol–water partition coefficient (Wildman–Crippen LogP) is 4.24. The average molecular weight is 340 g/mol. The van der Waals surface area contributed by atoms with E-state index in [-0.39, 0.29) is 0 Å². The van der Waals surface area contributed by atoms with E-state index in [9.17, 15) is 0 Å². The Morgan fingerprint density at radius 3 is 2.95 bits per heavy atom. The van der Waals surface area contributed by atoms with E-state index in [2.05, 4.69) is 40.3 Å². The van der Waals surface area contributed by atoms with Crippen LogP contribution in [0.5, 0.6) is 11.5 Å². The third kappa shape index (κ3) is 2.96. The van der Waals surface area contributed by atoms with Crippen LogP contribution in [0.25, 0.3) is 0 Å². The van der Waals surface area contributed by atoms with Gasteiger partial charge >= 0.3 is 0 Å². The average Bonchev–Trinajstić information content (AvgIpc) is 2.94. The molecule has 1 aromatic rings. The molecule has 1 aromatic carbocycles. The fraction of sp³-hybridized carbons (Fsp3) is 0.625. The van der Waals surface area contributed by atoms with Crippen molar-refractivity contribution in [1.82, 2.24) is 5.32 Å². The second-order valence-electron chi connectivity index (χ2n) is 5.75. The smallest absolute Gasteiger partial charge is 0.231 e. The Morgan fingerprint density at radius 2 is 2.10 bits per heavy atom. The van der Waals surface area contributed by atoms with Crippen LogP contribution in [-0.2, 0) is 6.54 Å². The van der Waals surface area contributed by atoms with Gasteiger partial charge in [0.1, 0.15) is 0 Å². The molecule has 20 heavy (non-hydrogen) atoms. The van der Waals surface area contributed by atoms with Gasteiger partial charge in [0, 0.05) is 12.6 Å². The van der Waals surface area contributed by atoms with Crippen molar-refractivity contribution in [2.24, 2.45) is 5.92 Å². The molecule has 1 aliphatic heterocycles. The number of halogens is 1. The lowest BCUT2D eigenvalue weighted by atomic mass is 9.83. The SMILES string of the molecule is CCC1CCCCC1NCc1cc(Br)c2c(c1)OCO2. The largest absolute Gasteiger partial charge is 0.454 e. The predicted molar refractivity (Wildman–Crippen MR) is 83.1 cm³/mol. The Balaban J connectivity index is 1.65. The van der Waals surface area contributed by atoms with Crippen molar-refractivity contribution in [3.63, 3.8) is 0 Å². The molecule has 3 rings (SSSR count). The summed E-state index contributed by atoms with van der Waals surface area (Å²) < 4.78 is 11.9. The van der Waals surface area contributed by atoms with Crippen molar-refractivity contribution in [3.8, 4) is 11.5 Å². The van der Waals surface area contributed by atoms with Gasteiger partial charge in [0.2, 0.25) is 6.79 Å². The van der Waals surface area contributed by atoms with Crippen LogP contribution in [0, 0.1) is 5.92 Å². The first-order chi connectivity index (χ1) is 9.78. The lowest BCUT2D eigenvalue weighted by Gasteiger charge is -2.31. The Morgan fingerprint density at radius 1 is 1.25 bits per heavy atom. The van der Waals surface area contributed by atoms with Crippen molar-refractivity contribution in [3.05, 3.63) is 22.2 Å². The summed E-state index contributed by atoms with van der Waals surface area (Å²) in [4.78, 5) is 0. The summed E-state index contributed by atoms with van der Waals surface area (Å²) in [6.07, 6.45) is 6.72. The van der Waals surface area contributed by atoms with E-state index in [0.29, 0.717) is 12.8 Å². The molecule has 2 unspecified atom stereocenters. The molecular formula is C16H22BrNO2. The minimum Gasteiger partial charge on any atom is -0.454 e. The van der Waals surface area contributed by atoms with Gasteiger partial charge in [0.25, 0.3) is 0 Å². The fourth-order valence-electron chi connectivity index (χ4n) is 3.34. The molecule has 1 N–H and O–H groups in total. The monoisotopic (exact) mass is 339 g/mol. The zero-order valence-corrected chi connectivity index (χ0v) is 13.5. The van der Waals surface area contributed by atoms with Crippen LogP contribution >= 0.6 is 15.9 Å². The van der Waals surface area contributed by atoms with Gasteiger partial charge in [-0.2, -0.15) is 0 Å². The van der Waals surface area contributed by atoms with E-state index in [0.717, 1.165) is 28.4 Å². The highest BCUT2D eigenvalue weighted by Crippen LogP contribution is 2.40. The number of fused-ring (bicyclic) bond motifs is 1. The van der Waals surface area contributed by atoms with Gasteiger partial charge in [-0.15, -0.1) is 0 Å². The van der Waals surface area contributed by atoms with Crippen molar-refractivity contribution in [2.45, 2.75) is 51.6 Å². The van der Waals surface area contributed by atoms with E-state index < -0.39 is 0 Å². The maximum absolute atomic E-state index is 5.47. The van der Waals surface area contributed by atoms with Crippen LogP contribution in [0.1, 0.15) is 44.6 Å². The van der Waals surface area contributed by atoms with E-state index >= 15 is 0 Å². The van der Waals surface area contributed by atoms with Gasteiger partial charge in [-0.05, 0) is 52.4 Å². The summed E-state index contributed by atoms with van der Waals surface area (Å²) in [5.74, 6) is 2.52. The molecule has 0 aromatic heterocycles. The summed E-state index contributed by atoms with van der Waals surface area (Å²) in [5, 5.41) is 3.74. The quantitative estimate of drug-likeness (QED) is 0.889. The Hall–Kier alpha value is -0.740. The highest BCUT2D eigenvalue weighted by atomic mass is 79.9. The minimum atomic E-state index is 0.325. The standard InChI is InChI=1S/C16H22BrNO2/c1-2-12-5-3-4-6-14(12)18-9-11-7-13(17)16-15(8-11)19-10-20-16/h7-8,12,14,18H,2-6,9-10H2,1H3. The molecule has 0 amide bonds. The fourth-order valence-corrected chi connectivity index (χ4v) is 3.94. The van der Waals surface area contributed by atoms with Crippen molar-refractivity contribution in [2.75, 3.05) is 6.79 Å². The molecule has 0 radical (unpaired) electrons. The lowest BCUT2D eigenvalue weighted by molar-refractivity contribution is 0.173. The second kappa shape index (κ2) is 6.35. The molecule has 3 nitrogen and oxygen atoms in total. The molecule has 1 saturated carbocycles. The van der Waals surface area contributed by atoms with Gasteiger partial charge in [0.15, 0.2) is 11.5 Å². The van der Waals surface area contributed by atoms with Crippen molar-refractivity contribution >= 4 is 15.9 Å². The molecule has 0 spiro atoms. The van der Waals surface area contributed by atoms with Crippen LogP contribution in [0.2, 0.25) is 0 Å². The Kier molecular flexibility index (Phi) is 4.51. The van der Waals surface area contributed by atoms with E-state index in [1.54, 1.807) is 0 Å². The number of benzene rings is 1. The van der Waals surface area contributed by atoms with Crippen LogP contribution in [0.15, 0.2) is 16.6 Å². The highest BCUT2D eigenvalue weighted by Gasteiger charge is 2.23. The van der Waals surface area contributed by atoms with Gasteiger partial charge in [0.05, 0.1) is 4.47 Å². The summed E-state index contributed by atoms with van der Waals surface area (Å²) in [7, 11) is 0. The van der Waals surface area contributed by atoms with Crippen LogP contribution in [0.4, 0.5) is 0 Å². The van der Waals surface area contributed by atoms with Crippen molar-refractivity contribution in [1.29, 1.82) is 0 Å². The molecule has 110 valence electrons. The topological polar surface area (TPSA) is 30.5 Å². The highest BCUT2D eigenvalue weighted by molar-refractivity contribution is 9.10. The molecular weight excluding hydrogens is 318 g/mol. The number of nitrogens with one attached hydrogen (secondary N) is 1. The third-order valence-electron chi connectivity index (χ3n) is 4.49. The normalized spacial score (nSPS) is 24.9. The summed E-state index contributed by atoms with van der Waals surface area (Å²) in [6.45, 7) is 3.53. The first kappa shape index (κ1) is 14.2. The molecule has 2 aliphatic rings. The maximum Gasteiger partial charge on any atom is 0.231 e. The number of ether oxygens (including phenoxy) is 2. The molecule has 1 aliphatic carbocycles. The zero-order chi connectivity index (χ0) is 13.9. The molecule has 4 heteroatoms. The number of hydrogen-bond acceptors (Lipinski definition) is 3. The zero-order valence-electron chi connectivity index (χ0n) is 12.0. The Labute approximate surface area is 129 Å². The first-order valence-corrected chi connectivity index (χ1v) is 8.38. The van der Waals surface area contributed by atoms with Gasteiger partial charge in [-0.3, -0.25) is 0 Å². The van der Waals surface area contributed by atoms with Crippen molar-refractivity contribution < 1.29 is 9.47 Å².